The molecule has 6 heteroatoms. The lowest BCUT2D eigenvalue weighted by molar-refractivity contribution is -0.131. The lowest BCUT2D eigenvalue weighted by Gasteiger charge is -2.22. The van der Waals surface area contributed by atoms with Crippen LogP contribution >= 0.6 is 0 Å². The van der Waals surface area contributed by atoms with Gasteiger partial charge in [0.1, 0.15) is 0 Å². The molecule has 1 fully saturated rings. The number of nitrogens with one attached hydrogen (secondary N) is 1. The summed E-state index contributed by atoms with van der Waals surface area (Å²) >= 11 is 0. The van der Waals surface area contributed by atoms with Crippen molar-refractivity contribution in [1.82, 2.24) is 20.1 Å². The fourth-order valence-electron chi connectivity index (χ4n) is 3.01. The van der Waals surface area contributed by atoms with Crippen LogP contribution < -0.4 is 5.32 Å². The van der Waals surface area contributed by atoms with Crippen molar-refractivity contribution in [3.8, 4) is 0 Å². The number of aryl methyl sites for hydroxylation is 1. The number of nitrogens with zero attached hydrogens (tertiary/aromatic N) is 3. The maximum Gasteiger partial charge on any atom is 0.317 e. The van der Waals surface area contributed by atoms with E-state index in [9.17, 15) is 9.59 Å². The molecule has 0 aliphatic carbocycles. The molecule has 0 aromatic carbocycles. The summed E-state index contributed by atoms with van der Waals surface area (Å²) in [6, 6.07) is 3.89. The third-order valence-electron chi connectivity index (χ3n) is 4.57. The largest absolute Gasteiger partial charge is 0.341 e. The van der Waals surface area contributed by atoms with Crippen LogP contribution in [-0.4, -0.2) is 59.4 Å². The smallest absolute Gasteiger partial charge is 0.317 e. The Kier molecular flexibility index (Phi) is 8.22. The standard InChI is InChI=1S/C19H30N4O2/c1-2-3-4-10-21-19(25)23-14-5-13-22(15-16-23)18(24)7-6-17-8-11-20-12-9-17/h8-9,11-12H,2-7,10,13-16H2,1H3,(H,21,25). The van der Waals surface area contributed by atoms with E-state index in [0.717, 1.165) is 50.8 Å². The third-order valence-corrected chi connectivity index (χ3v) is 4.57. The maximum atomic E-state index is 12.4. The summed E-state index contributed by atoms with van der Waals surface area (Å²) in [5.41, 5.74) is 1.13. The number of unbranched alkanes of at least 4 members (excludes halogenated alkanes) is 2. The number of carbonyl (C=O) groups excluding carboxylic acids is 2. The summed E-state index contributed by atoms with van der Waals surface area (Å²) in [5.74, 6) is 0.169. The summed E-state index contributed by atoms with van der Waals surface area (Å²) in [4.78, 5) is 32.4. The summed E-state index contributed by atoms with van der Waals surface area (Å²) in [7, 11) is 0. The van der Waals surface area contributed by atoms with Gasteiger partial charge in [0.05, 0.1) is 0 Å². The number of amides is 3. The van der Waals surface area contributed by atoms with Crippen molar-refractivity contribution in [3.05, 3.63) is 30.1 Å². The number of aromatic nitrogens is 1. The molecule has 25 heavy (non-hydrogen) atoms. The Hall–Kier alpha value is -2.11. The number of hydrogen-bond acceptors (Lipinski definition) is 3. The van der Waals surface area contributed by atoms with Gasteiger partial charge in [-0.05, 0) is 37.0 Å². The van der Waals surface area contributed by atoms with Crippen LogP contribution in [0.4, 0.5) is 4.79 Å². The van der Waals surface area contributed by atoms with Gasteiger partial charge >= 0.3 is 6.03 Å². The van der Waals surface area contributed by atoms with E-state index in [2.05, 4.69) is 17.2 Å². The van der Waals surface area contributed by atoms with Crippen molar-refractivity contribution in [3.63, 3.8) is 0 Å². The van der Waals surface area contributed by atoms with Crippen LogP contribution in [0.3, 0.4) is 0 Å². The zero-order chi connectivity index (χ0) is 17.9. The van der Waals surface area contributed by atoms with Crippen LogP contribution in [-0.2, 0) is 11.2 Å². The van der Waals surface area contributed by atoms with Gasteiger partial charge in [-0.1, -0.05) is 19.8 Å². The SMILES string of the molecule is CCCCCNC(=O)N1CCCN(C(=O)CCc2ccncc2)CC1. The van der Waals surface area contributed by atoms with Gasteiger partial charge in [0.15, 0.2) is 0 Å². The van der Waals surface area contributed by atoms with E-state index in [-0.39, 0.29) is 11.9 Å². The van der Waals surface area contributed by atoms with Crippen LogP contribution in [0.15, 0.2) is 24.5 Å². The molecule has 1 aromatic rings. The highest BCUT2D eigenvalue weighted by Crippen LogP contribution is 2.08. The molecular formula is C19H30N4O2. The molecule has 6 nitrogen and oxygen atoms in total. The first-order valence-electron chi connectivity index (χ1n) is 9.40. The van der Waals surface area contributed by atoms with Gasteiger partial charge in [-0.3, -0.25) is 9.78 Å². The molecule has 2 rings (SSSR count). The molecule has 3 amide bonds. The predicted octanol–water partition coefficient (Wildman–Crippen LogP) is 2.45. The Morgan fingerprint density at radius 1 is 1.08 bits per heavy atom. The van der Waals surface area contributed by atoms with E-state index < -0.39 is 0 Å². The number of pyridine rings is 1. The lowest BCUT2D eigenvalue weighted by atomic mass is 10.1. The minimum atomic E-state index is 0.00203. The first kappa shape index (κ1) is 19.2. The van der Waals surface area contributed by atoms with Crippen molar-refractivity contribution in [2.45, 2.75) is 45.4 Å². The first-order valence-corrected chi connectivity index (χ1v) is 9.40. The highest BCUT2D eigenvalue weighted by Gasteiger charge is 2.21. The summed E-state index contributed by atoms with van der Waals surface area (Å²) in [6.45, 7) is 5.56. The molecule has 1 aromatic heterocycles. The van der Waals surface area contributed by atoms with Gasteiger partial charge in [0, 0.05) is 51.5 Å². The van der Waals surface area contributed by atoms with Gasteiger partial charge in [-0.15, -0.1) is 0 Å². The molecule has 2 heterocycles. The molecule has 0 spiro atoms. The molecule has 0 atom stereocenters. The molecule has 0 bridgehead atoms. The molecule has 0 saturated carbocycles. The van der Waals surface area contributed by atoms with Crippen LogP contribution in [0.2, 0.25) is 0 Å². The van der Waals surface area contributed by atoms with Gasteiger partial charge in [0.2, 0.25) is 5.91 Å². The highest BCUT2D eigenvalue weighted by molar-refractivity contribution is 5.77. The van der Waals surface area contributed by atoms with E-state index in [1.54, 1.807) is 12.4 Å². The van der Waals surface area contributed by atoms with Gasteiger partial charge < -0.3 is 15.1 Å². The zero-order valence-corrected chi connectivity index (χ0v) is 15.2. The minimum absolute atomic E-state index is 0.00203. The Bertz CT molecular complexity index is 535. The highest BCUT2D eigenvalue weighted by atomic mass is 16.2. The summed E-state index contributed by atoms with van der Waals surface area (Å²) < 4.78 is 0. The Morgan fingerprint density at radius 2 is 1.80 bits per heavy atom. The lowest BCUT2D eigenvalue weighted by Crippen LogP contribution is -2.42. The topological polar surface area (TPSA) is 65.5 Å². The zero-order valence-electron chi connectivity index (χ0n) is 15.2. The van der Waals surface area contributed by atoms with Crippen molar-refractivity contribution in [2.75, 3.05) is 32.7 Å². The van der Waals surface area contributed by atoms with Crippen molar-refractivity contribution >= 4 is 11.9 Å². The van der Waals surface area contributed by atoms with E-state index >= 15 is 0 Å². The van der Waals surface area contributed by atoms with Crippen molar-refractivity contribution in [2.24, 2.45) is 0 Å². The molecule has 1 N–H and O–H groups in total. The predicted molar refractivity (Wildman–Crippen MR) is 98.3 cm³/mol. The maximum absolute atomic E-state index is 12.4. The van der Waals surface area contributed by atoms with Crippen LogP contribution in [0.25, 0.3) is 0 Å². The Balaban J connectivity index is 1.72. The van der Waals surface area contributed by atoms with Crippen LogP contribution in [0.5, 0.6) is 0 Å². The molecular weight excluding hydrogens is 316 g/mol. The third kappa shape index (κ3) is 6.72. The number of urea groups is 1. The van der Waals surface area contributed by atoms with E-state index in [0.29, 0.717) is 26.1 Å². The minimum Gasteiger partial charge on any atom is -0.341 e. The van der Waals surface area contributed by atoms with Crippen molar-refractivity contribution in [1.29, 1.82) is 0 Å². The van der Waals surface area contributed by atoms with Crippen LogP contribution in [0.1, 0.15) is 44.6 Å². The van der Waals surface area contributed by atoms with E-state index in [1.807, 2.05) is 21.9 Å². The fraction of sp³-hybridized carbons (Fsp3) is 0.632. The second-order valence-corrected chi connectivity index (χ2v) is 6.52. The number of hydrogen-bond donors (Lipinski definition) is 1. The van der Waals surface area contributed by atoms with E-state index in [1.165, 1.54) is 0 Å². The van der Waals surface area contributed by atoms with Gasteiger partial charge in [-0.2, -0.15) is 0 Å². The second kappa shape index (κ2) is 10.7. The summed E-state index contributed by atoms with van der Waals surface area (Å²) in [5, 5.41) is 2.98. The molecule has 1 aliphatic heterocycles. The monoisotopic (exact) mass is 346 g/mol. The van der Waals surface area contributed by atoms with Gasteiger partial charge in [0.25, 0.3) is 0 Å². The van der Waals surface area contributed by atoms with Gasteiger partial charge in [-0.25, -0.2) is 4.79 Å². The second-order valence-electron chi connectivity index (χ2n) is 6.52. The average Bonchev–Trinajstić information content (AvgIpc) is 2.90. The molecule has 1 aliphatic rings. The molecule has 138 valence electrons. The Morgan fingerprint density at radius 3 is 2.56 bits per heavy atom. The number of rotatable bonds is 7. The number of carbonyl (C=O) groups is 2. The molecule has 0 unspecified atom stereocenters. The van der Waals surface area contributed by atoms with Crippen LogP contribution in [0, 0.1) is 0 Å². The summed E-state index contributed by atoms with van der Waals surface area (Å²) in [6.07, 6.45) is 8.90. The first-order chi connectivity index (χ1) is 12.2. The van der Waals surface area contributed by atoms with E-state index in [4.69, 9.17) is 0 Å². The Labute approximate surface area is 150 Å². The quantitative estimate of drug-likeness (QED) is 0.771. The average molecular weight is 346 g/mol. The van der Waals surface area contributed by atoms with Crippen molar-refractivity contribution < 1.29 is 9.59 Å². The molecule has 0 radical (unpaired) electrons. The fourth-order valence-corrected chi connectivity index (χ4v) is 3.01. The normalized spacial score (nSPS) is 14.9. The molecule has 1 saturated heterocycles.